The van der Waals surface area contributed by atoms with Crippen molar-refractivity contribution in [2.75, 3.05) is 5.32 Å². The number of halogens is 1. The summed E-state index contributed by atoms with van der Waals surface area (Å²) in [7, 11) is 0. The number of nitrogens with zero attached hydrogens (tertiary/aromatic N) is 1. The molecule has 0 spiro atoms. The molecule has 3 aromatic rings. The number of pyridine rings is 1. The average molecular weight is 456 g/mol. The molecule has 1 fully saturated rings. The van der Waals surface area contributed by atoms with Gasteiger partial charge in [0, 0.05) is 29.4 Å². The molecule has 1 aromatic carbocycles. The molecule has 0 bridgehead atoms. The number of thiophene rings is 1. The minimum Gasteiger partial charge on any atom is -0.483 e. The van der Waals surface area contributed by atoms with Crippen molar-refractivity contribution in [1.82, 2.24) is 4.98 Å². The van der Waals surface area contributed by atoms with Gasteiger partial charge in [0.15, 0.2) is 0 Å². The first-order valence-corrected chi connectivity index (χ1v) is 11.4. The van der Waals surface area contributed by atoms with Crippen molar-refractivity contribution in [1.29, 1.82) is 0 Å². The second-order valence-electron chi connectivity index (χ2n) is 7.39. The monoisotopic (exact) mass is 455 g/mol. The first kappa shape index (κ1) is 23.1. The minimum absolute atomic E-state index is 0.190. The van der Waals surface area contributed by atoms with Crippen LogP contribution in [0.3, 0.4) is 0 Å². The fraction of sp³-hybridized carbons (Fsp3) is 0.333. The van der Waals surface area contributed by atoms with Crippen molar-refractivity contribution in [3.8, 4) is 11.8 Å². The summed E-state index contributed by atoms with van der Waals surface area (Å²) < 4.78 is 1.12. The summed E-state index contributed by atoms with van der Waals surface area (Å²) in [5.74, 6) is 6.72. The predicted octanol–water partition coefficient (Wildman–Crippen LogP) is 5.62. The summed E-state index contributed by atoms with van der Waals surface area (Å²) in [5, 5.41) is 10.9. The van der Waals surface area contributed by atoms with Crippen molar-refractivity contribution in [2.24, 2.45) is 5.73 Å². The molecular formula is C24H26ClN3O2S. The van der Waals surface area contributed by atoms with E-state index < -0.39 is 0 Å². The third-order valence-corrected chi connectivity index (χ3v) is 6.91. The van der Waals surface area contributed by atoms with Crippen LogP contribution >= 0.6 is 22.9 Å². The summed E-state index contributed by atoms with van der Waals surface area (Å²) in [6.45, 7) is 2.36. The van der Waals surface area contributed by atoms with E-state index in [1.807, 2.05) is 19.1 Å². The molecule has 1 aliphatic carbocycles. The fourth-order valence-electron chi connectivity index (χ4n) is 3.97. The third-order valence-electron chi connectivity index (χ3n) is 5.37. The Balaban J connectivity index is 0.000000858. The number of benzene rings is 1. The highest BCUT2D eigenvalue weighted by molar-refractivity contribution is 7.20. The molecule has 0 saturated heterocycles. The number of fused-ring (bicyclic) bond motifs is 1. The van der Waals surface area contributed by atoms with Gasteiger partial charge in [-0.25, -0.2) is 4.98 Å². The molecule has 4 N–H and O–H groups in total. The number of nitrogens with one attached hydrogen (secondary N) is 1. The molecule has 0 aliphatic heterocycles. The highest BCUT2D eigenvalue weighted by Gasteiger charge is 2.29. The summed E-state index contributed by atoms with van der Waals surface area (Å²) in [5.41, 5.74) is 10.6. The zero-order valence-corrected chi connectivity index (χ0v) is 19.0. The van der Waals surface area contributed by atoms with Gasteiger partial charge in [-0.05, 0) is 25.3 Å². The molecule has 2 aromatic heterocycles. The molecule has 0 amide bonds. The Bertz CT molecular complexity index is 1090. The first-order valence-electron chi connectivity index (χ1n) is 10.3. The smallest absolute Gasteiger partial charge is 0.290 e. The summed E-state index contributed by atoms with van der Waals surface area (Å²) in [4.78, 5) is 14.3. The van der Waals surface area contributed by atoms with E-state index in [2.05, 4.69) is 46.4 Å². The van der Waals surface area contributed by atoms with Crippen molar-refractivity contribution in [3.05, 3.63) is 57.6 Å². The molecule has 2 heterocycles. The van der Waals surface area contributed by atoms with Gasteiger partial charge >= 0.3 is 0 Å². The lowest BCUT2D eigenvalue weighted by Gasteiger charge is -2.28. The van der Waals surface area contributed by atoms with Gasteiger partial charge in [-0.3, -0.25) is 4.79 Å². The molecule has 5 nitrogen and oxygen atoms in total. The third kappa shape index (κ3) is 5.56. The number of hydrogen-bond acceptors (Lipinski definition) is 5. The van der Waals surface area contributed by atoms with E-state index >= 15 is 0 Å². The molecule has 0 unspecified atom stereocenters. The van der Waals surface area contributed by atoms with Crippen molar-refractivity contribution >= 4 is 45.3 Å². The number of carboxylic acid groups (broad SMARTS) is 1. The van der Waals surface area contributed by atoms with E-state index in [1.54, 1.807) is 11.3 Å². The van der Waals surface area contributed by atoms with Crippen molar-refractivity contribution in [3.63, 3.8) is 0 Å². The molecular weight excluding hydrogens is 430 g/mol. The normalized spacial score (nSPS) is 17.8. The van der Waals surface area contributed by atoms with Crippen LogP contribution in [0.5, 0.6) is 0 Å². The molecule has 2 atom stereocenters. The molecule has 162 valence electrons. The van der Waals surface area contributed by atoms with Crippen molar-refractivity contribution in [2.45, 2.75) is 51.1 Å². The van der Waals surface area contributed by atoms with Gasteiger partial charge in [-0.1, -0.05) is 60.7 Å². The topological polar surface area (TPSA) is 88.2 Å². The Morgan fingerprint density at radius 1 is 1.32 bits per heavy atom. The van der Waals surface area contributed by atoms with Crippen LogP contribution in [0.4, 0.5) is 5.69 Å². The van der Waals surface area contributed by atoms with Crippen LogP contribution in [0, 0.1) is 11.8 Å². The van der Waals surface area contributed by atoms with Gasteiger partial charge in [0.25, 0.3) is 6.47 Å². The Morgan fingerprint density at radius 2 is 2.03 bits per heavy atom. The van der Waals surface area contributed by atoms with Gasteiger partial charge in [0.1, 0.15) is 10.7 Å². The number of hydrogen-bond donors (Lipinski definition) is 3. The van der Waals surface area contributed by atoms with Crippen LogP contribution < -0.4 is 11.1 Å². The molecule has 7 heteroatoms. The maximum absolute atomic E-state index is 8.36. The van der Waals surface area contributed by atoms with Gasteiger partial charge in [-0.2, -0.15) is 0 Å². The number of rotatable bonds is 4. The number of anilines is 1. The zero-order valence-electron chi connectivity index (χ0n) is 17.4. The van der Waals surface area contributed by atoms with Gasteiger partial charge in [-0.15, -0.1) is 17.3 Å². The van der Waals surface area contributed by atoms with Gasteiger partial charge in [0.2, 0.25) is 0 Å². The van der Waals surface area contributed by atoms with Crippen LogP contribution in [0.1, 0.15) is 54.5 Å². The SMILES string of the molecule is CC#Cc1c([C@@H]2CCCC[C@H]2N)sc2c(NCc3ccccc3)cc(Cl)nc12.O=CO. The number of aromatic nitrogens is 1. The largest absolute Gasteiger partial charge is 0.483 e. The number of nitrogens with two attached hydrogens (primary N) is 1. The van der Waals surface area contributed by atoms with E-state index in [1.165, 1.54) is 23.3 Å². The number of carbonyl (C=O) groups is 1. The van der Waals surface area contributed by atoms with E-state index in [4.69, 9.17) is 27.2 Å². The molecule has 4 rings (SSSR count). The van der Waals surface area contributed by atoms with E-state index in [9.17, 15) is 0 Å². The lowest BCUT2D eigenvalue weighted by molar-refractivity contribution is -0.122. The minimum atomic E-state index is -0.250. The van der Waals surface area contributed by atoms with E-state index in [0.717, 1.165) is 40.9 Å². The maximum atomic E-state index is 8.36. The van der Waals surface area contributed by atoms with Crippen molar-refractivity contribution < 1.29 is 9.90 Å². The molecule has 31 heavy (non-hydrogen) atoms. The Hall–Kier alpha value is -2.59. The average Bonchev–Trinajstić information content (AvgIpc) is 3.12. The molecule has 1 saturated carbocycles. The lowest BCUT2D eigenvalue weighted by Crippen LogP contribution is -2.31. The standard InChI is InChI=1S/C23H24ClN3S.CH2O2/c1-2-8-17-21-23(28-22(17)16-11-6-7-12-18(16)25)19(13-20(24)27-21)26-14-15-9-4-3-5-10-15;2-1-3/h3-5,9-10,13,16,18H,6-7,11-12,14,25H2,1H3,(H,26,27);1H,(H,2,3)/t16-,18-;/m1./s1. The Morgan fingerprint density at radius 3 is 2.71 bits per heavy atom. The van der Waals surface area contributed by atoms with Gasteiger partial charge < -0.3 is 16.2 Å². The van der Waals surface area contributed by atoms with Crippen LogP contribution in [0.2, 0.25) is 5.15 Å². The lowest BCUT2D eigenvalue weighted by atomic mass is 9.83. The Kier molecular flexibility index (Phi) is 8.30. The highest BCUT2D eigenvalue weighted by Crippen LogP contribution is 2.44. The fourth-order valence-corrected chi connectivity index (χ4v) is 5.56. The Labute approximate surface area is 191 Å². The van der Waals surface area contributed by atoms with Crippen LogP contribution in [0.15, 0.2) is 36.4 Å². The highest BCUT2D eigenvalue weighted by atomic mass is 35.5. The summed E-state index contributed by atoms with van der Waals surface area (Å²) in [6.07, 6.45) is 4.63. The van der Waals surface area contributed by atoms with Crippen LogP contribution in [0.25, 0.3) is 10.2 Å². The van der Waals surface area contributed by atoms with E-state index in [-0.39, 0.29) is 12.5 Å². The maximum Gasteiger partial charge on any atom is 0.290 e. The van der Waals surface area contributed by atoms with Gasteiger partial charge in [0.05, 0.1) is 16.0 Å². The molecule has 0 radical (unpaired) electrons. The summed E-state index contributed by atoms with van der Waals surface area (Å²) in [6, 6.07) is 12.5. The first-order chi connectivity index (χ1) is 15.1. The molecule has 1 aliphatic rings. The van der Waals surface area contributed by atoms with Crippen LogP contribution in [-0.4, -0.2) is 22.6 Å². The summed E-state index contributed by atoms with van der Waals surface area (Å²) >= 11 is 8.16. The van der Waals surface area contributed by atoms with E-state index in [0.29, 0.717) is 11.1 Å². The van der Waals surface area contributed by atoms with Crippen LogP contribution in [-0.2, 0) is 11.3 Å². The quantitative estimate of drug-likeness (QED) is 0.270. The second kappa shape index (κ2) is 11.1. The second-order valence-corrected chi connectivity index (χ2v) is 8.83. The predicted molar refractivity (Wildman–Crippen MR) is 129 cm³/mol. The zero-order chi connectivity index (χ0) is 22.2.